The molecule has 0 unspecified atom stereocenters. The lowest BCUT2D eigenvalue weighted by atomic mass is 10.1. The van der Waals surface area contributed by atoms with Crippen molar-refractivity contribution in [3.8, 4) is 0 Å². The molecular weight excluding hydrogens is 484 g/mol. The Kier molecular flexibility index (Phi) is 5.86. The molecule has 2 heterocycles. The van der Waals surface area contributed by atoms with Gasteiger partial charge in [0.2, 0.25) is 0 Å². The van der Waals surface area contributed by atoms with Crippen molar-refractivity contribution in [2.45, 2.75) is 39.8 Å². The summed E-state index contributed by atoms with van der Waals surface area (Å²) in [7, 11) is 0. The van der Waals surface area contributed by atoms with Gasteiger partial charge in [-0.05, 0) is 68.1 Å². The fourth-order valence-corrected chi connectivity index (χ4v) is 6.54. The molecule has 2 aromatic heterocycles. The summed E-state index contributed by atoms with van der Waals surface area (Å²) in [6, 6.07) is 44.7. The molecule has 0 aliphatic carbocycles. The first kappa shape index (κ1) is 24.5. The molecular formula is C38H34N2. The maximum atomic E-state index is 2.47. The van der Waals surface area contributed by atoms with Gasteiger partial charge in [0.15, 0.2) is 0 Å². The minimum Gasteiger partial charge on any atom is -0.338 e. The Hall–Kier alpha value is -4.56. The van der Waals surface area contributed by atoms with Crippen molar-refractivity contribution in [1.29, 1.82) is 0 Å². The van der Waals surface area contributed by atoms with Gasteiger partial charge in [0.05, 0.1) is 5.52 Å². The predicted octanol–water partition coefficient (Wildman–Crippen LogP) is 11.1. The second kappa shape index (κ2) is 9.57. The van der Waals surface area contributed by atoms with E-state index in [1.807, 2.05) is 0 Å². The van der Waals surface area contributed by atoms with Crippen LogP contribution in [-0.4, -0.2) is 9.13 Å². The molecule has 0 saturated carbocycles. The second-order valence-corrected chi connectivity index (χ2v) is 11.4. The topological polar surface area (TPSA) is 9.86 Å². The maximum absolute atomic E-state index is 2.47. The average Bonchev–Trinajstić information content (AvgIpc) is 3.49. The van der Waals surface area contributed by atoms with Crippen LogP contribution in [-0.2, 0) is 0 Å². The van der Waals surface area contributed by atoms with Crippen molar-refractivity contribution in [1.82, 2.24) is 9.13 Å². The molecule has 40 heavy (non-hydrogen) atoms. The highest BCUT2D eigenvalue weighted by Gasteiger charge is 2.15. The highest BCUT2D eigenvalue weighted by Crippen LogP contribution is 2.36. The van der Waals surface area contributed by atoms with Gasteiger partial charge in [-0.2, -0.15) is 0 Å². The molecule has 6 aromatic carbocycles. The minimum absolute atomic E-state index is 0.447. The largest absolute Gasteiger partial charge is 0.338 e. The molecule has 196 valence electrons. The Morgan fingerprint density at radius 3 is 1.52 bits per heavy atom. The number of aromatic nitrogens is 2. The molecule has 0 amide bonds. The molecule has 0 aliphatic rings. The first-order chi connectivity index (χ1) is 19.5. The molecule has 0 bridgehead atoms. The third-order valence-electron chi connectivity index (χ3n) is 8.21. The first-order valence-electron chi connectivity index (χ1n) is 14.3. The molecule has 8 rings (SSSR count). The summed E-state index contributed by atoms with van der Waals surface area (Å²) in [5, 5.41) is 10.7. The van der Waals surface area contributed by atoms with E-state index in [1.54, 1.807) is 0 Å². The molecule has 0 spiro atoms. The number of hydrogen-bond acceptors (Lipinski definition) is 0. The van der Waals surface area contributed by atoms with Crippen LogP contribution in [0.1, 0.15) is 39.8 Å². The zero-order valence-corrected chi connectivity index (χ0v) is 23.6. The van der Waals surface area contributed by atoms with Crippen molar-refractivity contribution in [3.63, 3.8) is 0 Å². The first-order valence-corrected chi connectivity index (χ1v) is 14.3. The van der Waals surface area contributed by atoms with Gasteiger partial charge in [0.25, 0.3) is 0 Å². The highest BCUT2D eigenvalue weighted by molar-refractivity contribution is 6.17. The van der Waals surface area contributed by atoms with Crippen molar-refractivity contribution in [2.24, 2.45) is 0 Å². The number of benzene rings is 6. The van der Waals surface area contributed by atoms with Crippen LogP contribution in [0.3, 0.4) is 0 Å². The molecule has 0 atom stereocenters. The lowest BCUT2D eigenvalue weighted by molar-refractivity contribution is 0.642. The van der Waals surface area contributed by atoms with Crippen LogP contribution in [0.15, 0.2) is 121 Å². The van der Waals surface area contributed by atoms with E-state index < -0.39 is 0 Å². The number of nitrogens with zero attached hydrogens (tertiary/aromatic N) is 2. The Bertz CT molecular complexity index is 2150. The van der Waals surface area contributed by atoms with Crippen LogP contribution < -0.4 is 0 Å². The van der Waals surface area contributed by atoms with E-state index in [4.69, 9.17) is 0 Å². The zero-order valence-electron chi connectivity index (χ0n) is 23.6. The molecule has 2 heteroatoms. The highest BCUT2D eigenvalue weighted by atomic mass is 15.0. The van der Waals surface area contributed by atoms with Crippen molar-refractivity contribution in [3.05, 3.63) is 121 Å². The third-order valence-corrected chi connectivity index (χ3v) is 8.21. The normalized spacial score (nSPS) is 11.9. The maximum Gasteiger partial charge on any atom is 0.0573 e. The van der Waals surface area contributed by atoms with Gasteiger partial charge in [0, 0.05) is 55.6 Å². The van der Waals surface area contributed by atoms with E-state index in [0.29, 0.717) is 12.1 Å². The van der Waals surface area contributed by atoms with Gasteiger partial charge in [0.1, 0.15) is 0 Å². The zero-order chi connectivity index (χ0) is 27.4. The Morgan fingerprint density at radius 2 is 0.875 bits per heavy atom. The Labute approximate surface area is 235 Å². The Balaban J connectivity index is 0.000000132. The third kappa shape index (κ3) is 3.78. The summed E-state index contributed by atoms with van der Waals surface area (Å²) in [6.07, 6.45) is 0. The summed E-state index contributed by atoms with van der Waals surface area (Å²) < 4.78 is 4.91. The van der Waals surface area contributed by atoms with E-state index in [9.17, 15) is 0 Å². The van der Waals surface area contributed by atoms with Crippen LogP contribution in [0, 0.1) is 0 Å². The summed E-state index contributed by atoms with van der Waals surface area (Å²) in [5.74, 6) is 0. The SMILES string of the molecule is CC(C)n1c2ccccc2c2cc3ccccc3cc21.CC(C)n1c2ccccc2c2ccc3ccccc3c21. The van der Waals surface area contributed by atoms with Crippen molar-refractivity contribution >= 4 is 65.2 Å². The Morgan fingerprint density at radius 1 is 0.375 bits per heavy atom. The van der Waals surface area contributed by atoms with Crippen LogP contribution in [0.5, 0.6) is 0 Å². The van der Waals surface area contributed by atoms with E-state index in [-0.39, 0.29) is 0 Å². The van der Waals surface area contributed by atoms with E-state index in [2.05, 4.69) is 158 Å². The lowest BCUT2D eigenvalue weighted by Crippen LogP contribution is -2.00. The summed E-state index contributed by atoms with van der Waals surface area (Å²) in [5.41, 5.74) is 5.35. The van der Waals surface area contributed by atoms with E-state index >= 15 is 0 Å². The van der Waals surface area contributed by atoms with Crippen LogP contribution in [0.4, 0.5) is 0 Å². The van der Waals surface area contributed by atoms with Gasteiger partial charge in [-0.15, -0.1) is 0 Å². The molecule has 2 nitrogen and oxygen atoms in total. The van der Waals surface area contributed by atoms with Crippen molar-refractivity contribution in [2.75, 3.05) is 0 Å². The molecule has 0 saturated heterocycles. The molecule has 0 aliphatic heterocycles. The standard InChI is InChI=1S/2C19H17N/c1-13(2)20-18-10-6-5-9-16(18)17-11-14-7-3-4-8-15(14)12-19(17)20;1-13(2)20-18-10-6-5-9-16(18)17-12-11-14-7-3-4-8-15(14)19(17)20/h2*3-13H,1-2H3. The monoisotopic (exact) mass is 518 g/mol. The van der Waals surface area contributed by atoms with Gasteiger partial charge < -0.3 is 9.13 Å². The fraction of sp³-hybridized carbons (Fsp3) is 0.158. The van der Waals surface area contributed by atoms with Crippen LogP contribution in [0.2, 0.25) is 0 Å². The minimum atomic E-state index is 0.447. The molecule has 0 fully saturated rings. The smallest absolute Gasteiger partial charge is 0.0573 e. The van der Waals surface area contributed by atoms with E-state index in [1.165, 1.54) is 65.2 Å². The average molecular weight is 519 g/mol. The van der Waals surface area contributed by atoms with Crippen LogP contribution >= 0.6 is 0 Å². The fourth-order valence-electron chi connectivity index (χ4n) is 6.54. The molecule has 0 N–H and O–H groups in total. The molecule has 0 radical (unpaired) electrons. The summed E-state index contributed by atoms with van der Waals surface area (Å²) in [6.45, 7) is 9.02. The quantitative estimate of drug-likeness (QED) is 0.215. The number of rotatable bonds is 2. The number of fused-ring (bicyclic) bond motifs is 9. The molecule has 8 aromatic rings. The van der Waals surface area contributed by atoms with Gasteiger partial charge >= 0.3 is 0 Å². The number of para-hydroxylation sites is 2. The number of hydrogen-bond donors (Lipinski definition) is 0. The van der Waals surface area contributed by atoms with Crippen molar-refractivity contribution < 1.29 is 0 Å². The van der Waals surface area contributed by atoms with E-state index in [0.717, 1.165) is 0 Å². The van der Waals surface area contributed by atoms with Gasteiger partial charge in [-0.25, -0.2) is 0 Å². The van der Waals surface area contributed by atoms with Gasteiger partial charge in [-0.3, -0.25) is 0 Å². The predicted molar refractivity (Wildman–Crippen MR) is 175 cm³/mol. The summed E-state index contributed by atoms with van der Waals surface area (Å²) in [4.78, 5) is 0. The second-order valence-electron chi connectivity index (χ2n) is 11.4. The van der Waals surface area contributed by atoms with Crippen LogP contribution in [0.25, 0.3) is 65.2 Å². The van der Waals surface area contributed by atoms with Gasteiger partial charge in [-0.1, -0.05) is 97.1 Å². The summed E-state index contributed by atoms with van der Waals surface area (Å²) >= 11 is 0. The lowest BCUT2D eigenvalue weighted by Gasteiger charge is -2.13.